The van der Waals surface area contributed by atoms with Gasteiger partial charge in [0.2, 0.25) is 0 Å². The van der Waals surface area contributed by atoms with E-state index in [1.165, 1.54) is 0 Å². The van der Waals surface area contributed by atoms with E-state index in [0.29, 0.717) is 17.2 Å². The van der Waals surface area contributed by atoms with Crippen LogP contribution in [0.4, 0.5) is 0 Å². The maximum Gasteiger partial charge on any atom is 0.258 e. The molecule has 0 bridgehead atoms. The minimum Gasteiger partial charge on any atom is -0.496 e. The van der Waals surface area contributed by atoms with Gasteiger partial charge in [-0.2, -0.15) is 0 Å². The van der Waals surface area contributed by atoms with Crippen LogP contribution in [-0.4, -0.2) is 32.3 Å². The van der Waals surface area contributed by atoms with Crippen molar-refractivity contribution < 1.29 is 19.0 Å². The number of hydrogen-bond donors (Lipinski definition) is 1. The molecule has 5 nitrogen and oxygen atoms in total. The van der Waals surface area contributed by atoms with Crippen LogP contribution in [0.5, 0.6) is 17.2 Å². The molecule has 0 spiro atoms. The fourth-order valence-electron chi connectivity index (χ4n) is 1.47. The lowest BCUT2D eigenvalue weighted by Gasteiger charge is -2.20. The summed E-state index contributed by atoms with van der Waals surface area (Å²) in [6.07, 6.45) is 0. The molecule has 1 amide bonds. The maximum atomic E-state index is 11.6. The third-order valence-electron chi connectivity index (χ3n) is 2.21. The van der Waals surface area contributed by atoms with Crippen LogP contribution in [-0.2, 0) is 4.79 Å². The average Bonchev–Trinajstić information content (AvgIpc) is 2.33. The first-order valence-corrected chi connectivity index (χ1v) is 6.01. The van der Waals surface area contributed by atoms with Crippen molar-refractivity contribution in [2.75, 3.05) is 20.8 Å². The monoisotopic (exact) mass is 267 g/mol. The minimum atomic E-state index is -0.271. The van der Waals surface area contributed by atoms with Gasteiger partial charge in [-0.25, -0.2) is 0 Å². The molecule has 0 saturated carbocycles. The fourth-order valence-corrected chi connectivity index (χ4v) is 1.47. The van der Waals surface area contributed by atoms with E-state index in [1.807, 2.05) is 20.8 Å². The van der Waals surface area contributed by atoms with Gasteiger partial charge in [0, 0.05) is 23.7 Å². The van der Waals surface area contributed by atoms with Crippen molar-refractivity contribution in [3.8, 4) is 17.2 Å². The Labute approximate surface area is 113 Å². The summed E-state index contributed by atoms with van der Waals surface area (Å²) in [7, 11) is 3.12. The fraction of sp³-hybridized carbons (Fsp3) is 0.500. The quantitative estimate of drug-likeness (QED) is 0.886. The van der Waals surface area contributed by atoms with Crippen LogP contribution >= 0.6 is 0 Å². The molecule has 0 aliphatic heterocycles. The Hall–Kier alpha value is -1.91. The van der Waals surface area contributed by atoms with Crippen LogP contribution in [0, 0.1) is 0 Å². The van der Waals surface area contributed by atoms with E-state index in [9.17, 15) is 4.79 Å². The second-order valence-electron chi connectivity index (χ2n) is 5.14. The van der Waals surface area contributed by atoms with Crippen LogP contribution in [0.3, 0.4) is 0 Å². The molecule has 0 aliphatic rings. The molecule has 5 heteroatoms. The number of hydrogen-bond acceptors (Lipinski definition) is 4. The zero-order valence-corrected chi connectivity index (χ0v) is 12.1. The molecule has 19 heavy (non-hydrogen) atoms. The number of nitrogens with one attached hydrogen (secondary N) is 1. The number of ether oxygens (including phenoxy) is 3. The van der Waals surface area contributed by atoms with Gasteiger partial charge in [0.25, 0.3) is 5.91 Å². The highest BCUT2D eigenvalue weighted by Gasteiger charge is 2.14. The van der Waals surface area contributed by atoms with Gasteiger partial charge in [0.1, 0.15) is 17.2 Å². The second kappa shape index (κ2) is 6.31. The van der Waals surface area contributed by atoms with Gasteiger partial charge >= 0.3 is 0 Å². The van der Waals surface area contributed by atoms with E-state index >= 15 is 0 Å². The minimum absolute atomic E-state index is 0.0480. The van der Waals surface area contributed by atoms with Crippen LogP contribution in [0.15, 0.2) is 18.2 Å². The van der Waals surface area contributed by atoms with Gasteiger partial charge < -0.3 is 19.5 Å². The summed E-state index contributed by atoms with van der Waals surface area (Å²) in [6.45, 7) is 5.70. The molecule has 0 aliphatic carbocycles. The molecule has 0 fully saturated rings. The number of carbonyl (C=O) groups excluding carboxylic acids is 1. The number of methoxy groups -OCH3 is 2. The zero-order chi connectivity index (χ0) is 14.5. The van der Waals surface area contributed by atoms with E-state index in [-0.39, 0.29) is 18.1 Å². The lowest BCUT2D eigenvalue weighted by atomic mass is 10.1. The highest BCUT2D eigenvalue weighted by Crippen LogP contribution is 2.27. The predicted octanol–water partition coefficient (Wildman–Crippen LogP) is 2.00. The molecule has 0 atom stereocenters. The topological polar surface area (TPSA) is 56.8 Å². The Kier molecular flexibility index (Phi) is 5.03. The molecule has 0 saturated heterocycles. The summed E-state index contributed by atoms with van der Waals surface area (Å²) in [6, 6.07) is 5.14. The van der Waals surface area contributed by atoms with E-state index in [2.05, 4.69) is 5.32 Å². The summed E-state index contributed by atoms with van der Waals surface area (Å²) >= 11 is 0. The number of amides is 1. The molecule has 0 radical (unpaired) electrons. The van der Waals surface area contributed by atoms with Gasteiger partial charge in [0.05, 0.1) is 14.2 Å². The van der Waals surface area contributed by atoms with Crippen molar-refractivity contribution >= 4 is 5.91 Å². The molecule has 106 valence electrons. The average molecular weight is 267 g/mol. The van der Waals surface area contributed by atoms with Gasteiger partial charge in [-0.3, -0.25) is 4.79 Å². The first-order chi connectivity index (χ1) is 8.84. The highest BCUT2D eigenvalue weighted by molar-refractivity contribution is 5.78. The largest absolute Gasteiger partial charge is 0.496 e. The number of carbonyl (C=O) groups is 1. The Morgan fingerprint density at radius 2 is 1.53 bits per heavy atom. The van der Waals surface area contributed by atoms with E-state index in [4.69, 9.17) is 14.2 Å². The smallest absolute Gasteiger partial charge is 0.258 e. The molecule has 1 N–H and O–H groups in total. The molecular formula is C14H21NO4. The van der Waals surface area contributed by atoms with Crippen molar-refractivity contribution in [3.63, 3.8) is 0 Å². The second-order valence-corrected chi connectivity index (χ2v) is 5.14. The van der Waals surface area contributed by atoms with Crippen molar-refractivity contribution in [1.82, 2.24) is 5.32 Å². The van der Waals surface area contributed by atoms with Crippen molar-refractivity contribution in [2.45, 2.75) is 26.3 Å². The first-order valence-electron chi connectivity index (χ1n) is 6.01. The van der Waals surface area contributed by atoms with E-state index in [0.717, 1.165) is 0 Å². The lowest BCUT2D eigenvalue weighted by Crippen LogP contribution is -2.43. The van der Waals surface area contributed by atoms with E-state index in [1.54, 1.807) is 32.4 Å². The summed E-state index contributed by atoms with van der Waals surface area (Å²) in [5.74, 6) is 1.59. The Balaban J connectivity index is 2.64. The molecule has 0 heterocycles. The van der Waals surface area contributed by atoms with Gasteiger partial charge in [-0.15, -0.1) is 0 Å². The van der Waals surface area contributed by atoms with Crippen LogP contribution in [0.25, 0.3) is 0 Å². The summed E-state index contributed by atoms with van der Waals surface area (Å²) in [5.41, 5.74) is -0.271. The summed E-state index contributed by atoms with van der Waals surface area (Å²) in [4.78, 5) is 11.6. The molecule has 1 aromatic rings. The maximum absolute atomic E-state index is 11.6. The molecule has 0 aromatic heterocycles. The predicted molar refractivity (Wildman–Crippen MR) is 72.9 cm³/mol. The third kappa shape index (κ3) is 5.50. The van der Waals surface area contributed by atoms with Crippen LogP contribution in [0.1, 0.15) is 20.8 Å². The molecule has 1 aromatic carbocycles. The summed E-state index contributed by atoms with van der Waals surface area (Å²) < 4.78 is 15.7. The number of benzene rings is 1. The molecular weight excluding hydrogens is 246 g/mol. The van der Waals surface area contributed by atoms with Crippen molar-refractivity contribution in [3.05, 3.63) is 18.2 Å². The summed E-state index contributed by atoms with van der Waals surface area (Å²) in [5, 5.41) is 2.82. The highest BCUT2D eigenvalue weighted by atomic mass is 16.5. The number of rotatable bonds is 5. The Morgan fingerprint density at radius 1 is 1.05 bits per heavy atom. The zero-order valence-electron chi connectivity index (χ0n) is 12.1. The van der Waals surface area contributed by atoms with Gasteiger partial charge in [0.15, 0.2) is 6.61 Å². The SMILES string of the molecule is COc1cc(OC)cc(OCC(=O)NC(C)(C)C)c1. The first kappa shape index (κ1) is 15.1. The normalized spacial score (nSPS) is 10.8. The van der Waals surface area contributed by atoms with Crippen molar-refractivity contribution in [2.24, 2.45) is 0 Å². The Morgan fingerprint density at radius 3 is 1.95 bits per heavy atom. The third-order valence-corrected chi connectivity index (χ3v) is 2.21. The van der Waals surface area contributed by atoms with Crippen LogP contribution in [0.2, 0.25) is 0 Å². The molecule has 0 unspecified atom stereocenters. The lowest BCUT2D eigenvalue weighted by molar-refractivity contribution is -0.124. The molecule has 1 rings (SSSR count). The van der Waals surface area contributed by atoms with Gasteiger partial charge in [-0.1, -0.05) is 0 Å². The Bertz CT molecular complexity index is 415. The van der Waals surface area contributed by atoms with E-state index < -0.39 is 0 Å². The standard InChI is InChI=1S/C14H21NO4/c1-14(2,3)15-13(16)9-19-12-7-10(17-4)6-11(8-12)18-5/h6-8H,9H2,1-5H3,(H,15,16). The van der Waals surface area contributed by atoms with Gasteiger partial charge in [-0.05, 0) is 20.8 Å². The van der Waals surface area contributed by atoms with Crippen LogP contribution < -0.4 is 19.5 Å². The van der Waals surface area contributed by atoms with Crippen molar-refractivity contribution in [1.29, 1.82) is 0 Å².